The molecule has 5 heteroatoms. The van der Waals surface area contributed by atoms with E-state index in [0.717, 1.165) is 12.0 Å². The predicted octanol–water partition coefficient (Wildman–Crippen LogP) is 2.97. The number of hydrogen-bond donors (Lipinski definition) is 0. The van der Waals surface area contributed by atoms with Crippen molar-refractivity contribution in [2.24, 2.45) is 0 Å². The van der Waals surface area contributed by atoms with Gasteiger partial charge >= 0.3 is 0 Å². The highest BCUT2D eigenvalue weighted by Gasteiger charge is 2.05. The highest BCUT2D eigenvalue weighted by atomic mass is 16.5. The van der Waals surface area contributed by atoms with Crippen LogP contribution < -0.4 is 18.9 Å². The average Bonchev–Trinajstić information content (AvgIpc) is 2.58. The van der Waals surface area contributed by atoms with E-state index in [2.05, 4.69) is 0 Å². The third-order valence-electron chi connectivity index (χ3n) is 2.97. The van der Waals surface area contributed by atoms with E-state index in [1.54, 1.807) is 31.4 Å². The molecule has 22 heavy (non-hydrogen) atoms. The fourth-order valence-electron chi connectivity index (χ4n) is 1.88. The molecule has 0 aliphatic heterocycles. The first-order valence-electron chi connectivity index (χ1n) is 6.79. The summed E-state index contributed by atoms with van der Waals surface area (Å²) in [5, 5.41) is 0. The average molecular weight is 302 g/mol. The second-order valence-corrected chi connectivity index (χ2v) is 4.40. The van der Waals surface area contributed by atoms with Gasteiger partial charge in [0.2, 0.25) is 0 Å². The van der Waals surface area contributed by atoms with Gasteiger partial charge in [0.15, 0.2) is 11.5 Å². The molecule has 2 aromatic carbocycles. The summed E-state index contributed by atoms with van der Waals surface area (Å²) in [6.07, 6.45) is 0.762. The van der Waals surface area contributed by atoms with Gasteiger partial charge in [-0.3, -0.25) is 4.79 Å². The lowest BCUT2D eigenvalue weighted by Gasteiger charge is -2.12. The van der Waals surface area contributed by atoms with Gasteiger partial charge in [0.25, 0.3) is 0 Å². The monoisotopic (exact) mass is 302 g/mol. The van der Waals surface area contributed by atoms with E-state index in [4.69, 9.17) is 18.9 Å². The zero-order valence-electron chi connectivity index (χ0n) is 12.6. The van der Waals surface area contributed by atoms with E-state index in [1.165, 1.54) is 7.11 Å². The topological polar surface area (TPSA) is 54.0 Å². The molecule has 2 aromatic rings. The number of ether oxygens (including phenoxy) is 4. The van der Waals surface area contributed by atoms with Crippen molar-refractivity contribution in [2.75, 3.05) is 27.4 Å². The molecule has 0 aromatic heterocycles. The molecule has 116 valence electrons. The Kier molecular flexibility index (Phi) is 5.65. The van der Waals surface area contributed by atoms with Crippen molar-refractivity contribution in [3.05, 3.63) is 48.0 Å². The summed E-state index contributed by atoms with van der Waals surface area (Å²) in [6, 6.07) is 12.4. The van der Waals surface area contributed by atoms with Gasteiger partial charge in [0.1, 0.15) is 31.0 Å². The molecule has 0 aliphatic rings. The zero-order valence-corrected chi connectivity index (χ0v) is 12.6. The lowest BCUT2D eigenvalue weighted by Crippen LogP contribution is -2.09. The molecule has 0 heterocycles. The van der Waals surface area contributed by atoms with Crippen molar-refractivity contribution in [3.63, 3.8) is 0 Å². The molecule has 0 aliphatic carbocycles. The quantitative estimate of drug-likeness (QED) is 0.554. The van der Waals surface area contributed by atoms with Gasteiger partial charge in [0.05, 0.1) is 14.2 Å². The molecule has 2 rings (SSSR count). The minimum Gasteiger partial charge on any atom is -0.497 e. The maximum atomic E-state index is 10.7. The number of rotatable bonds is 8. The minimum atomic E-state index is 0.355. The van der Waals surface area contributed by atoms with Gasteiger partial charge in [-0.25, -0.2) is 0 Å². The second kappa shape index (κ2) is 7.93. The minimum absolute atomic E-state index is 0.355. The van der Waals surface area contributed by atoms with E-state index >= 15 is 0 Å². The third kappa shape index (κ3) is 4.15. The Morgan fingerprint density at radius 2 is 1.64 bits per heavy atom. The fraction of sp³-hybridized carbons (Fsp3) is 0.235. The van der Waals surface area contributed by atoms with Crippen LogP contribution in [0.3, 0.4) is 0 Å². The lowest BCUT2D eigenvalue weighted by atomic mass is 10.2. The molecule has 0 saturated carbocycles. The van der Waals surface area contributed by atoms with Crippen LogP contribution in [-0.4, -0.2) is 33.7 Å². The van der Waals surface area contributed by atoms with Crippen LogP contribution in [0.4, 0.5) is 0 Å². The maximum absolute atomic E-state index is 10.7. The number of hydrogen-bond acceptors (Lipinski definition) is 5. The van der Waals surface area contributed by atoms with Crippen LogP contribution >= 0.6 is 0 Å². The van der Waals surface area contributed by atoms with Crippen LogP contribution in [0.2, 0.25) is 0 Å². The van der Waals surface area contributed by atoms with Crippen molar-refractivity contribution in [3.8, 4) is 23.0 Å². The first-order chi connectivity index (χ1) is 10.8. The molecular formula is C17H18O5. The van der Waals surface area contributed by atoms with E-state index < -0.39 is 0 Å². The highest BCUT2D eigenvalue weighted by molar-refractivity contribution is 5.76. The van der Waals surface area contributed by atoms with Crippen LogP contribution in [0.1, 0.15) is 10.4 Å². The standard InChI is InChI=1S/C17H18O5/c1-19-14-4-3-5-15(11-14)21-8-9-22-16-7-6-13(12-18)10-17(16)20-2/h3-7,10-12H,8-9H2,1-2H3. The van der Waals surface area contributed by atoms with Crippen LogP contribution in [0.15, 0.2) is 42.5 Å². The first kappa shape index (κ1) is 15.7. The summed E-state index contributed by atoms with van der Waals surface area (Å²) >= 11 is 0. The molecule has 0 amide bonds. The van der Waals surface area contributed by atoms with Crippen LogP contribution in [0.5, 0.6) is 23.0 Å². The summed E-state index contributed by atoms with van der Waals surface area (Å²) in [4.78, 5) is 10.7. The SMILES string of the molecule is COc1cccc(OCCOc2ccc(C=O)cc2OC)c1. The largest absolute Gasteiger partial charge is 0.497 e. The summed E-state index contributed by atoms with van der Waals surface area (Å²) in [5.41, 5.74) is 0.539. The number of aldehydes is 1. The Hall–Kier alpha value is -2.69. The Bertz CT molecular complexity index is 624. The van der Waals surface area contributed by atoms with Crippen molar-refractivity contribution >= 4 is 6.29 Å². The predicted molar refractivity (Wildman–Crippen MR) is 82.4 cm³/mol. The summed E-state index contributed by atoms with van der Waals surface area (Å²) in [5.74, 6) is 2.55. The van der Waals surface area contributed by atoms with E-state index in [-0.39, 0.29) is 0 Å². The fourth-order valence-corrected chi connectivity index (χ4v) is 1.88. The molecule has 0 saturated heterocycles. The van der Waals surface area contributed by atoms with E-state index in [1.807, 2.05) is 18.2 Å². The summed E-state index contributed by atoms with van der Waals surface area (Å²) in [6.45, 7) is 0.736. The van der Waals surface area contributed by atoms with Crippen molar-refractivity contribution < 1.29 is 23.7 Å². The molecule has 0 unspecified atom stereocenters. The summed E-state index contributed by atoms with van der Waals surface area (Å²) in [7, 11) is 3.14. The lowest BCUT2D eigenvalue weighted by molar-refractivity contribution is 0.112. The normalized spacial score (nSPS) is 9.91. The van der Waals surface area contributed by atoms with Gasteiger partial charge in [-0.05, 0) is 30.3 Å². The van der Waals surface area contributed by atoms with Crippen LogP contribution in [0.25, 0.3) is 0 Å². The second-order valence-electron chi connectivity index (χ2n) is 4.40. The van der Waals surface area contributed by atoms with Gasteiger partial charge in [-0.15, -0.1) is 0 Å². The number of methoxy groups -OCH3 is 2. The smallest absolute Gasteiger partial charge is 0.161 e. The Labute approximate surface area is 129 Å². The Morgan fingerprint density at radius 1 is 0.864 bits per heavy atom. The molecule has 0 atom stereocenters. The number of benzene rings is 2. The number of carbonyl (C=O) groups excluding carboxylic acids is 1. The molecule has 5 nitrogen and oxygen atoms in total. The first-order valence-corrected chi connectivity index (χ1v) is 6.79. The molecular weight excluding hydrogens is 284 g/mol. The van der Waals surface area contributed by atoms with Gasteiger partial charge in [-0.1, -0.05) is 6.07 Å². The van der Waals surface area contributed by atoms with Gasteiger partial charge in [-0.2, -0.15) is 0 Å². The van der Waals surface area contributed by atoms with Gasteiger partial charge in [0, 0.05) is 11.6 Å². The Morgan fingerprint density at radius 3 is 2.36 bits per heavy atom. The maximum Gasteiger partial charge on any atom is 0.161 e. The Balaban J connectivity index is 1.87. The van der Waals surface area contributed by atoms with Crippen molar-refractivity contribution in [1.82, 2.24) is 0 Å². The van der Waals surface area contributed by atoms with Gasteiger partial charge < -0.3 is 18.9 Å². The summed E-state index contributed by atoms with van der Waals surface area (Å²) < 4.78 is 21.5. The zero-order chi connectivity index (χ0) is 15.8. The molecule has 0 N–H and O–H groups in total. The van der Waals surface area contributed by atoms with Crippen LogP contribution in [0, 0.1) is 0 Å². The molecule has 0 spiro atoms. The van der Waals surface area contributed by atoms with Crippen LogP contribution in [-0.2, 0) is 0 Å². The van der Waals surface area contributed by atoms with E-state index in [9.17, 15) is 4.79 Å². The molecule has 0 fully saturated rings. The van der Waals surface area contributed by atoms with Crippen molar-refractivity contribution in [1.29, 1.82) is 0 Å². The highest BCUT2D eigenvalue weighted by Crippen LogP contribution is 2.27. The van der Waals surface area contributed by atoms with E-state index in [0.29, 0.717) is 36.0 Å². The molecule has 0 radical (unpaired) electrons. The molecule has 0 bridgehead atoms. The number of carbonyl (C=O) groups is 1. The third-order valence-corrected chi connectivity index (χ3v) is 2.97. The van der Waals surface area contributed by atoms with Crippen molar-refractivity contribution in [2.45, 2.75) is 0 Å².